The summed E-state index contributed by atoms with van der Waals surface area (Å²) in [6, 6.07) is 1.66. The van der Waals surface area contributed by atoms with Gasteiger partial charge in [-0.15, -0.1) is 0 Å². The summed E-state index contributed by atoms with van der Waals surface area (Å²) in [4.78, 5) is 15.9. The van der Waals surface area contributed by atoms with Gasteiger partial charge in [-0.25, -0.2) is 4.98 Å². The third-order valence-corrected chi connectivity index (χ3v) is 2.67. The average Bonchev–Trinajstić information content (AvgIpc) is 2.99. The Morgan fingerprint density at radius 1 is 1.61 bits per heavy atom. The average molecular weight is 248 g/mol. The highest BCUT2D eigenvalue weighted by molar-refractivity contribution is 5.91. The smallest absolute Gasteiger partial charge is 0.290 e. The van der Waals surface area contributed by atoms with Crippen molar-refractivity contribution in [2.24, 2.45) is 0 Å². The quantitative estimate of drug-likeness (QED) is 0.867. The summed E-state index contributed by atoms with van der Waals surface area (Å²) in [5, 5.41) is 6.61. The molecule has 6 nitrogen and oxygen atoms in total. The van der Waals surface area contributed by atoms with Crippen LogP contribution in [-0.4, -0.2) is 26.7 Å². The zero-order valence-corrected chi connectivity index (χ0v) is 10.5. The Morgan fingerprint density at radius 3 is 3.00 bits per heavy atom. The van der Waals surface area contributed by atoms with Gasteiger partial charge < -0.3 is 14.4 Å². The summed E-state index contributed by atoms with van der Waals surface area (Å²) in [7, 11) is 0. The summed E-state index contributed by atoms with van der Waals surface area (Å²) in [5.74, 6) is 0.0131. The minimum atomic E-state index is -0.234. The molecule has 0 fully saturated rings. The van der Waals surface area contributed by atoms with Crippen molar-refractivity contribution in [3.8, 4) is 0 Å². The second-order valence-electron chi connectivity index (χ2n) is 4.17. The molecule has 1 N–H and O–H groups in total. The first-order chi connectivity index (χ1) is 8.69. The SMILES string of the molecule is CCC(Cn1ccnc1)NC(=O)c1cc(C)no1. The fourth-order valence-electron chi connectivity index (χ4n) is 1.65. The lowest BCUT2D eigenvalue weighted by molar-refractivity contribution is 0.0894. The fraction of sp³-hybridized carbons (Fsp3) is 0.417. The Bertz CT molecular complexity index is 504. The lowest BCUT2D eigenvalue weighted by Crippen LogP contribution is -2.37. The first-order valence-electron chi connectivity index (χ1n) is 5.89. The molecule has 1 unspecified atom stereocenters. The van der Waals surface area contributed by atoms with Gasteiger partial charge in [0.1, 0.15) is 0 Å². The van der Waals surface area contributed by atoms with E-state index in [0.717, 1.165) is 6.42 Å². The van der Waals surface area contributed by atoms with Crippen LogP contribution >= 0.6 is 0 Å². The molecule has 0 saturated heterocycles. The van der Waals surface area contributed by atoms with Gasteiger partial charge in [-0.1, -0.05) is 12.1 Å². The Balaban J connectivity index is 1.96. The normalized spacial score (nSPS) is 12.3. The molecule has 0 bridgehead atoms. The Labute approximate surface area is 105 Å². The van der Waals surface area contributed by atoms with Crippen LogP contribution in [0.25, 0.3) is 0 Å². The highest BCUT2D eigenvalue weighted by Crippen LogP contribution is 2.04. The van der Waals surface area contributed by atoms with Crippen molar-refractivity contribution in [3.63, 3.8) is 0 Å². The highest BCUT2D eigenvalue weighted by atomic mass is 16.5. The molecule has 1 amide bonds. The van der Waals surface area contributed by atoms with Crippen LogP contribution < -0.4 is 5.32 Å². The van der Waals surface area contributed by atoms with E-state index in [2.05, 4.69) is 15.5 Å². The molecular formula is C12H16N4O2. The number of nitrogens with zero attached hydrogens (tertiary/aromatic N) is 3. The number of carbonyl (C=O) groups is 1. The van der Waals surface area contributed by atoms with Crippen molar-refractivity contribution in [2.45, 2.75) is 32.9 Å². The molecule has 0 radical (unpaired) electrons. The summed E-state index contributed by atoms with van der Waals surface area (Å²) in [6.07, 6.45) is 6.15. The zero-order valence-electron chi connectivity index (χ0n) is 10.5. The van der Waals surface area contributed by atoms with E-state index >= 15 is 0 Å². The number of amides is 1. The standard InChI is InChI=1S/C12H16N4O2/c1-3-10(7-16-5-4-13-8-16)14-12(17)11-6-9(2)15-18-11/h4-6,8,10H,3,7H2,1-2H3,(H,14,17). The molecule has 18 heavy (non-hydrogen) atoms. The molecule has 2 heterocycles. The number of hydrogen-bond donors (Lipinski definition) is 1. The molecule has 0 aliphatic rings. The molecule has 0 aliphatic carbocycles. The van der Waals surface area contributed by atoms with Crippen LogP contribution in [0.5, 0.6) is 0 Å². The monoisotopic (exact) mass is 248 g/mol. The number of rotatable bonds is 5. The topological polar surface area (TPSA) is 73.0 Å². The van der Waals surface area contributed by atoms with Crippen molar-refractivity contribution in [1.29, 1.82) is 0 Å². The van der Waals surface area contributed by atoms with Gasteiger partial charge >= 0.3 is 0 Å². The second-order valence-corrected chi connectivity index (χ2v) is 4.17. The molecule has 1 atom stereocenters. The molecule has 0 spiro atoms. The van der Waals surface area contributed by atoms with Crippen LogP contribution in [-0.2, 0) is 6.54 Å². The predicted molar refractivity (Wildman–Crippen MR) is 65.0 cm³/mol. The van der Waals surface area contributed by atoms with Crippen molar-refractivity contribution >= 4 is 5.91 Å². The number of hydrogen-bond acceptors (Lipinski definition) is 4. The number of carbonyl (C=O) groups excluding carboxylic acids is 1. The summed E-state index contributed by atoms with van der Waals surface area (Å²) in [6.45, 7) is 4.49. The van der Waals surface area contributed by atoms with Crippen LogP contribution in [0.4, 0.5) is 0 Å². The number of aryl methyl sites for hydroxylation is 1. The lowest BCUT2D eigenvalue weighted by Gasteiger charge is -2.16. The maximum atomic E-state index is 11.9. The molecule has 6 heteroatoms. The highest BCUT2D eigenvalue weighted by Gasteiger charge is 2.16. The molecule has 2 aromatic rings. The van der Waals surface area contributed by atoms with Gasteiger partial charge in [-0.3, -0.25) is 4.79 Å². The third-order valence-electron chi connectivity index (χ3n) is 2.67. The summed E-state index contributed by atoms with van der Waals surface area (Å²) >= 11 is 0. The molecule has 0 saturated carbocycles. The van der Waals surface area contributed by atoms with Crippen molar-refractivity contribution in [2.75, 3.05) is 0 Å². The van der Waals surface area contributed by atoms with E-state index in [0.29, 0.717) is 12.2 Å². The Morgan fingerprint density at radius 2 is 2.44 bits per heavy atom. The van der Waals surface area contributed by atoms with Gasteiger partial charge in [0.2, 0.25) is 5.76 Å². The summed E-state index contributed by atoms with van der Waals surface area (Å²) in [5.41, 5.74) is 0.697. The summed E-state index contributed by atoms with van der Waals surface area (Å²) < 4.78 is 6.86. The first-order valence-corrected chi connectivity index (χ1v) is 5.89. The number of nitrogens with one attached hydrogen (secondary N) is 1. The van der Waals surface area contributed by atoms with Crippen molar-refractivity contribution in [1.82, 2.24) is 20.0 Å². The lowest BCUT2D eigenvalue weighted by atomic mass is 10.2. The molecule has 0 aliphatic heterocycles. The van der Waals surface area contributed by atoms with Crippen LogP contribution in [0, 0.1) is 6.92 Å². The maximum absolute atomic E-state index is 11.9. The van der Waals surface area contributed by atoms with Crippen molar-refractivity contribution < 1.29 is 9.32 Å². The molecule has 96 valence electrons. The van der Waals surface area contributed by atoms with E-state index in [1.165, 1.54) is 0 Å². The van der Waals surface area contributed by atoms with Gasteiger partial charge in [0.25, 0.3) is 5.91 Å². The van der Waals surface area contributed by atoms with E-state index in [-0.39, 0.29) is 17.7 Å². The van der Waals surface area contributed by atoms with Gasteiger partial charge in [0.05, 0.1) is 12.0 Å². The van der Waals surface area contributed by atoms with Crippen LogP contribution in [0.15, 0.2) is 29.3 Å². The second kappa shape index (κ2) is 5.48. The van der Waals surface area contributed by atoms with Crippen molar-refractivity contribution in [3.05, 3.63) is 36.2 Å². The molecule has 2 rings (SSSR count). The van der Waals surface area contributed by atoms with Gasteiger partial charge in [-0.05, 0) is 13.3 Å². The molecular weight excluding hydrogens is 232 g/mol. The Hall–Kier alpha value is -2.11. The minimum absolute atomic E-state index is 0.0390. The molecule has 2 aromatic heterocycles. The van der Waals surface area contributed by atoms with Crippen LogP contribution in [0.1, 0.15) is 29.6 Å². The number of imidazole rings is 1. The molecule has 0 aromatic carbocycles. The third kappa shape index (κ3) is 2.97. The van der Waals surface area contributed by atoms with E-state index in [9.17, 15) is 4.79 Å². The largest absolute Gasteiger partial charge is 0.351 e. The van der Waals surface area contributed by atoms with E-state index < -0.39 is 0 Å². The first kappa shape index (κ1) is 12.3. The number of aromatic nitrogens is 3. The maximum Gasteiger partial charge on any atom is 0.290 e. The van der Waals surface area contributed by atoms with E-state index in [1.54, 1.807) is 25.5 Å². The minimum Gasteiger partial charge on any atom is -0.351 e. The van der Waals surface area contributed by atoms with Crippen LogP contribution in [0.2, 0.25) is 0 Å². The van der Waals surface area contributed by atoms with Gasteiger partial charge in [0.15, 0.2) is 0 Å². The van der Waals surface area contributed by atoms with Crippen LogP contribution in [0.3, 0.4) is 0 Å². The predicted octanol–water partition coefficient (Wildman–Crippen LogP) is 1.39. The van der Waals surface area contributed by atoms with E-state index in [4.69, 9.17) is 4.52 Å². The van der Waals surface area contributed by atoms with Gasteiger partial charge in [0, 0.05) is 31.0 Å². The fourth-order valence-corrected chi connectivity index (χ4v) is 1.65. The Kier molecular flexibility index (Phi) is 3.76. The zero-order chi connectivity index (χ0) is 13.0. The van der Waals surface area contributed by atoms with E-state index in [1.807, 2.05) is 17.7 Å². The van der Waals surface area contributed by atoms with Gasteiger partial charge in [-0.2, -0.15) is 0 Å².